The van der Waals surface area contributed by atoms with E-state index in [4.69, 9.17) is 0 Å². The van der Waals surface area contributed by atoms with E-state index in [1.807, 2.05) is 0 Å². The summed E-state index contributed by atoms with van der Waals surface area (Å²) in [6, 6.07) is 0. The average molecular weight is 304 g/mol. The molecule has 4 aliphatic carbocycles. The van der Waals surface area contributed by atoms with Crippen LogP contribution in [-0.2, 0) is 4.79 Å². The maximum absolute atomic E-state index is 13.5. The van der Waals surface area contributed by atoms with Crippen LogP contribution in [0.15, 0.2) is 0 Å². The van der Waals surface area contributed by atoms with Gasteiger partial charge in [-0.3, -0.25) is 4.79 Å². The molecule has 0 spiro atoms. The van der Waals surface area contributed by atoms with Gasteiger partial charge in [0.15, 0.2) is 0 Å². The van der Waals surface area contributed by atoms with Crippen LogP contribution < -0.4 is 0 Å². The second-order valence-corrected chi connectivity index (χ2v) is 9.86. The highest BCUT2D eigenvalue weighted by Crippen LogP contribution is 2.69. The highest BCUT2D eigenvalue weighted by Gasteiger charge is 2.63. The summed E-state index contributed by atoms with van der Waals surface area (Å²) < 4.78 is 0. The molecule has 22 heavy (non-hydrogen) atoms. The lowest BCUT2D eigenvalue weighted by molar-refractivity contribution is -0.179. The van der Waals surface area contributed by atoms with Gasteiger partial charge >= 0.3 is 0 Å². The van der Waals surface area contributed by atoms with Crippen LogP contribution in [-0.4, -0.2) is 48.9 Å². The molecule has 5 fully saturated rings. The molecule has 5 aliphatic rings. The molecule has 5 rings (SSSR count). The zero-order valence-corrected chi connectivity index (χ0v) is 14.7. The normalized spacial score (nSPS) is 48.5. The summed E-state index contributed by atoms with van der Waals surface area (Å²) in [7, 11) is 2.18. The predicted octanol–water partition coefficient (Wildman–Crippen LogP) is 3.15. The molecular formula is C19H32N2O. The molecule has 3 heteroatoms. The molecule has 2 unspecified atom stereocenters. The number of carbonyl (C=O) groups excluding carboxylic acids is 1. The van der Waals surface area contributed by atoms with Crippen molar-refractivity contribution in [2.24, 2.45) is 22.2 Å². The number of nitrogens with zero attached hydrogens (tertiary/aromatic N) is 2. The minimum atomic E-state index is -0.00811. The Balaban J connectivity index is 1.60. The Morgan fingerprint density at radius 1 is 0.909 bits per heavy atom. The molecule has 1 amide bonds. The summed E-state index contributed by atoms with van der Waals surface area (Å²) >= 11 is 0. The third kappa shape index (κ3) is 2.31. The second-order valence-electron chi connectivity index (χ2n) is 9.86. The van der Waals surface area contributed by atoms with Crippen molar-refractivity contribution < 1.29 is 4.79 Å². The molecule has 1 aliphatic heterocycles. The Bertz CT molecular complexity index is 470. The van der Waals surface area contributed by atoms with Gasteiger partial charge < -0.3 is 9.80 Å². The topological polar surface area (TPSA) is 23.6 Å². The van der Waals surface area contributed by atoms with E-state index in [9.17, 15) is 4.79 Å². The quantitative estimate of drug-likeness (QED) is 0.743. The third-order valence-corrected chi connectivity index (χ3v) is 7.09. The van der Waals surface area contributed by atoms with Crippen molar-refractivity contribution in [1.82, 2.24) is 9.80 Å². The third-order valence-electron chi connectivity index (χ3n) is 7.09. The molecule has 124 valence electrons. The molecule has 0 N–H and O–H groups in total. The van der Waals surface area contributed by atoms with E-state index in [1.165, 1.54) is 25.7 Å². The van der Waals surface area contributed by atoms with Gasteiger partial charge in [0, 0.05) is 19.6 Å². The van der Waals surface area contributed by atoms with Crippen molar-refractivity contribution in [3.63, 3.8) is 0 Å². The fourth-order valence-corrected chi connectivity index (χ4v) is 7.27. The van der Waals surface area contributed by atoms with E-state index in [2.05, 4.69) is 30.7 Å². The van der Waals surface area contributed by atoms with E-state index < -0.39 is 0 Å². The molecule has 0 radical (unpaired) electrons. The molecule has 1 heterocycles. The Labute approximate surface area is 135 Å². The van der Waals surface area contributed by atoms with Gasteiger partial charge in [-0.25, -0.2) is 0 Å². The van der Waals surface area contributed by atoms with Crippen molar-refractivity contribution in [3.8, 4) is 0 Å². The first-order valence-electron chi connectivity index (χ1n) is 9.30. The van der Waals surface area contributed by atoms with Crippen LogP contribution in [0.25, 0.3) is 0 Å². The minimum Gasteiger partial charge on any atom is -0.341 e. The van der Waals surface area contributed by atoms with E-state index in [1.54, 1.807) is 0 Å². The summed E-state index contributed by atoms with van der Waals surface area (Å²) in [6.07, 6.45) is 8.75. The lowest BCUT2D eigenvalue weighted by Gasteiger charge is -2.65. The maximum atomic E-state index is 13.5. The lowest BCUT2D eigenvalue weighted by Crippen LogP contribution is -2.60. The Morgan fingerprint density at radius 2 is 1.59 bits per heavy atom. The highest BCUT2D eigenvalue weighted by atomic mass is 16.2. The number of rotatable bonds is 1. The van der Waals surface area contributed by atoms with Gasteiger partial charge in [0.1, 0.15) is 0 Å². The minimum absolute atomic E-state index is 0.00811. The van der Waals surface area contributed by atoms with E-state index in [-0.39, 0.29) is 5.41 Å². The SMILES string of the molecule is CN1CCCN(C(=O)C23CC4CC(C)(CC(C)(C4)C2)C3)CC1. The smallest absolute Gasteiger partial charge is 0.228 e. The van der Waals surface area contributed by atoms with Crippen LogP contribution in [0.2, 0.25) is 0 Å². The van der Waals surface area contributed by atoms with Gasteiger partial charge in [-0.15, -0.1) is 0 Å². The van der Waals surface area contributed by atoms with E-state index >= 15 is 0 Å². The molecule has 3 nitrogen and oxygen atoms in total. The second kappa shape index (κ2) is 4.72. The fourth-order valence-electron chi connectivity index (χ4n) is 7.27. The number of hydrogen-bond donors (Lipinski definition) is 0. The van der Waals surface area contributed by atoms with E-state index in [0.717, 1.165) is 51.4 Å². The Kier molecular flexibility index (Phi) is 3.21. The summed E-state index contributed by atoms with van der Waals surface area (Å²) in [5, 5.41) is 0. The van der Waals surface area contributed by atoms with Gasteiger partial charge in [0.05, 0.1) is 5.41 Å². The molecule has 4 saturated carbocycles. The summed E-state index contributed by atoms with van der Waals surface area (Å²) in [5.41, 5.74) is 0.866. The van der Waals surface area contributed by atoms with Crippen LogP contribution in [0.1, 0.15) is 58.8 Å². The van der Waals surface area contributed by atoms with Crippen molar-refractivity contribution in [1.29, 1.82) is 0 Å². The Hall–Kier alpha value is -0.570. The molecule has 0 aromatic heterocycles. The van der Waals surface area contributed by atoms with Crippen molar-refractivity contribution in [3.05, 3.63) is 0 Å². The lowest BCUT2D eigenvalue weighted by atomic mass is 9.40. The first kappa shape index (κ1) is 15.0. The van der Waals surface area contributed by atoms with Crippen molar-refractivity contribution >= 4 is 5.91 Å². The molecule has 0 aromatic carbocycles. The number of likely N-dealkylation sites (N-methyl/N-ethyl adjacent to an activating group) is 1. The molecule has 1 saturated heterocycles. The molecule has 2 atom stereocenters. The van der Waals surface area contributed by atoms with Crippen LogP contribution in [0.5, 0.6) is 0 Å². The fraction of sp³-hybridized carbons (Fsp3) is 0.947. The van der Waals surface area contributed by atoms with Gasteiger partial charge in [0.25, 0.3) is 0 Å². The van der Waals surface area contributed by atoms with Gasteiger partial charge in [0.2, 0.25) is 5.91 Å². The van der Waals surface area contributed by atoms with Gasteiger partial charge in [-0.1, -0.05) is 13.8 Å². The molecular weight excluding hydrogens is 272 g/mol. The summed E-state index contributed by atoms with van der Waals surface area (Å²) in [6.45, 7) is 9.02. The van der Waals surface area contributed by atoms with Crippen molar-refractivity contribution in [2.45, 2.75) is 58.8 Å². The molecule has 0 aromatic rings. The highest BCUT2D eigenvalue weighted by molar-refractivity contribution is 5.83. The van der Waals surface area contributed by atoms with E-state index in [0.29, 0.717) is 16.7 Å². The van der Waals surface area contributed by atoms with Crippen molar-refractivity contribution in [2.75, 3.05) is 33.2 Å². The Morgan fingerprint density at radius 3 is 2.23 bits per heavy atom. The first-order chi connectivity index (χ1) is 10.3. The number of hydrogen-bond acceptors (Lipinski definition) is 2. The van der Waals surface area contributed by atoms with Crippen LogP contribution >= 0.6 is 0 Å². The number of amides is 1. The van der Waals surface area contributed by atoms with Gasteiger partial charge in [-0.05, 0) is 75.3 Å². The van der Waals surface area contributed by atoms with Gasteiger partial charge in [-0.2, -0.15) is 0 Å². The van der Waals surface area contributed by atoms with Crippen LogP contribution in [0.4, 0.5) is 0 Å². The molecule has 4 bridgehead atoms. The standard InChI is InChI=1S/C19H32N2O/c1-17-9-15-10-18(2,12-17)14-19(11-15,13-17)16(22)21-6-4-5-20(3)7-8-21/h15H,4-14H2,1-3H3. The van der Waals surface area contributed by atoms with Crippen LogP contribution in [0.3, 0.4) is 0 Å². The zero-order chi connectivity index (χ0) is 15.6. The predicted molar refractivity (Wildman–Crippen MR) is 88.5 cm³/mol. The largest absolute Gasteiger partial charge is 0.341 e. The summed E-state index contributed by atoms with van der Waals surface area (Å²) in [4.78, 5) is 18.1. The summed E-state index contributed by atoms with van der Waals surface area (Å²) in [5.74, 6) is 1.33. The van der Waals surface area contributed by atoms with Crippen LogP contribution in [0, 0.1) is 22.2 Å². The average Bonchev–Trinajstić information content (AvgIpc) is 2.58. The maximum Gasteiger partial charge on any atom is 0.228 e. The monoisotopic (exact) mass is 304 g/mol. The number of carbonyl (C=O) groups is 1. The zero-order valence-electron chi connectivity index (χ0n) is 14.7. The first-order valence-corrected chi connectivity index (χ1v) is 9.30.